The summed E-state index contributed by atoms with van der Waals surface area (Å²) in [6.07, 6.45) is 1.02. The van der Waals surface area contributed by atoms with Gasteiger partial charge in [-0.05, 0) is 36.1 Å². The van der Waals surface area contributed by atoms with Crippen molar-refractivity contribution < 1.29 is 5.11 Å². The van der Waals surface area contributed by atoms with Crippen molar-refractivity contribution in [3.63, 3.8) is 0 Å². The summed E-state index contributed by atoms with van der Waals surface area (Å²) < 4.78 is 0. The van der Waals surface area contributed by atoms with Gasteiger partial charge in [0.2, 0.25) is 0 Å². The number of nitrogens with one attached hydrogen (secondary N) is 1. The Balaban J connectivity index is 2.06. The molecule has 3 nitrogen and oxygen atoms in total. The molecule has 1 unspecified atom stereocenters. The van der Waals surface area contributed by atoms with Gasteiger partial charge in [0, 0.05) is 5.56 Å². The van der Waals surface area contributed by atoms with Gasteiger partial charge in [-0.15, -0.1) is 0 Å². The monoisotopic (exact) mass is 278 g/mol. The van der Waals surface area contributed by atoms with E-state index in [1.54, 1.807) is 6.20 Å². The Hall–Kier alpha value is -2.39. The van der Waals surface area contributed by atoms with Crippen LogP contribution in [0.2, 0.25) is 0 Å². The topological polar surface area (TPSA) is 48.9 Å². The number of hydrogen-bond acceptors (Lipinski definition) is 2. The van der Waals surface area contributed by atoms with Crippen LogP contribution in [0.5, 0.6) is 0 Å². The maximum Gasteiger partial charge on any atom is 0.108 e. The summed E-state index contributed by atoms with van der Waals surface area (Å²) >= 11 is 0. The number of aliphatic hydroxyl groups excluding tert-OH is 1. The molecule has 0 radical (unpaired) electrons. The molecule has 3 heteroatoms. The third-order valence-corrected chi connectivity index (χ3v) is 3.97. The largest absolute Gasteiger partial charge is 0.384 e. The molecule has 1 atom stereocenters. The van der Waals surface area contributed by atoms with Crippen LogP contribution in [0.25, 0.3) is 11.3 Å². The molecule has 0 fully saturated rings. The summed E-state index contributed by atoms with van der Waals surface area (Å²) in [7, 11) is 0. The van der Waals surface area contributed by atoms with Gasteiger partial charge in [0.15, 0.2) is 0 Å². The number of rotatable bonds is 3. The van der Waals surface area contributed by atoms with Crippen LogP contribution in [0.1, 0.15) is 28.4 Å². The van der Waals surface area contributed by atoms with Crippen LogP contribution >= 0.6 is 0 Å². The molecular weight excluding hydrogens is 260 g/mol. The molecule has 0 amide bonds. The Kier molecular flexibility index (Phi) is 3.59. The summed E-state index contributed by atoms with van der Waals surface area (Å²) in [6.45, 7) is 4.09. The molecule has 21 heavy (non-hydrogen) atoms. The van der Waals surface area contributed by atoms with E-state index in [-0.39, 0.29) is 0 Å². The second kappa shape index (κ2) is 5.54. The molecule has 2 aromatic carbocycles. The lowest BCUT2D eigenvalue weighted by atomic mass is 9.94. The van der Waals surface area contributed by atoms with Crippen molar-refractivity contribution in [1.29, 1.82) is 0 Å². The fourth-order valence-corrected chi connectivity index (χ4v) is 2.58. The molecule has 0 saturated carbocycles. The highest BCUT2D eigenvalue weighted by molar-refractivity contribution is 5.64. The van der Waals surface area contributed by atoms with E-state index in [9.17, 15) is 5.11 Å². The molecule has 0 aliphatic carbocycles. The quantitative estimate of drug-likeness (QED) is 0.766. The molecule has 0 aliphatic rings. The number of H-pyrrole nitrogens is 1. The lowest BCUT2D eigenvalue weighted by Gasteiger charge is -2.15. The first kappa shape index (κ1) is 13.6. The lowest BCUT2D eigenvalue weighted by molar-refractivity contribution is 0.220. The van der Waals surface area contributed by atoms with E-state index in [2.05, 4.69) is 23.2 Å². The van der Waals surface area contributed by atoms with E-state index in [0.29, 0.717) is 0 Å². The SMILES string of the molecule is Cc1cccc(C(O)c2cn[nH]c2-c2ccccc2)c1C. The van der Waals surface area contributed by atoms with E-state index in [0.717, 1.165) is 27.9 Å². The Morgan fingerprint density at radius 2 is 1.71 bits per heavy atom. The van der Waals surface area contributed by atoms with Crippen molar-refractivity contribution in [2.75, 3.05) is 0 Å². The first-order valence-electron chi connectivity index (χ1n) is 7.01. The van der Waals surface area contributed by atoms with Gasteiger partial charge in [0.1, 0.15) is 6.10 Å². The van der Waals surface area contributed by atoms with Crippen molar-refractivity contribution in [3.8, 4) is 11.3 Å². The smallest absolute Gasteiger partial charge is 0.108 e. The van der Waals surface area contributed by atoms with Crippen LogP contribution in [0.15, 0.2) is 54.7 Å². The standard InChI is InChI=1S/C18H18N2O/c1-12-7-6-10-15(13(12)2)18(21)16-11-19-20-17(16)14-8-4-3-5-9-14/h3-11,18,21H,1-2H3,(H,19,20). The maximum absolute atomic E-state index is 10.8. The zero-order chi connectivity index (χ0) is 14.8. The van der Waals surface area contributed by atoms with Crippen molar-refractivity contribution in [1.82, 2.24) is 10.2 Å². The highest BCUT2D eigenvalue weighted by atomic mass is 16.3. The Labute approximate surface area is 124 Å². The number of hydrogen-bond donors (Lipinski definition) is 2. The minimum atomic E-state index is -0.682. The first-order chi connectivity index (χ1) is 10.2. The van der Waals surface area contributed by atoms with Crippen molar-refractivity contribution in [3.05, 3.63) is 77.0 Å². The fourth-order valence-electron chi connectivity index (χ4n) is 2.58. The molecule has 3 aromatic rings. The predicted molar refractivity (Wildman–Crippen MR) is 84.0 cm³/mol. The van der Waals surface area contributed by atoms with E-state index in [1.165, 1.54) is 5.56 Å². The maximum atomic E-state index is 10.8. The first-order valence-corrected chi connectivity index (χ1v) is 7.01. The van der Waals surface area contributed by atoms with Gasteiger partial charge in [-0.25, -0.2) is 0 Å². The predicted octanol–water partition coefficient (Wildman–Crippen LogP) is 3.78. The summed E-state index contributed by atoms with van der Waals surface area (Å²) in [4.78, 5) is 0. The van der Waals surface area contributed by atoms with E-state index in [4.69, 9.17) is 0 Å². The third-order valence-electron chi connectivity index (χ3n) is 3.97. The van der Waals surface area contributed by atoms with E-state index >= 15 is 0 Å². The second-order valence-corrected chi connectivity index (χ2v) is 5.26. The van der Waals surface area contributed by atoms with Crippen LogP contribution in [-0.4, -0.2) is 15.3 Å². The zero-order valence-electron chi connectivity index (χ0n) is 12.2. The van der Waals surface area contributed by atoms with Crippen LogP contribution in [0, 0.1) is 13.8 Å². The number of benzene rings is 2. The van der Waals surface area contributed by atoms with Gasteiger partial charge in [-0.2, -0.15) is 5.10 Å². The van der Waals surface area contributed by atoms with E-state index in [1.807, 2.05) is 49.4 Å². The number of aryl methyl sites for hydroxylation is 1. The Bertz CT molecular complexity index is 747. The molecule has 0 spiro atoms. The second-order valence-electron chi connectivity index (χ2n) is 5.26. The Morgan fingerprint density at radius 3 is 2.48 bits per heavy atom. The molecule has 2 N–H and O–H groups in total. The van der Waals surface area contributed by atoms with Crippen molar-refractivity contribution in [2.24, 2.45) is 0 Å². The summed E-state index contributed by atoms with van der Waals surface area (Å²) in [5.74, 6) is 0. The normalized spacial score (nSPS) is 12.3. The van der Waals surface area contributed by atoms with Crippen LogP contribution in [0.3, 0.4) is 0 Å². The van der Waals surface area contributed by atoms with Gasteiger partial charge in [-0.3, -0.25) is 5.10 Å². The van der Waals surface area contributed by atoms with Crippen LogP contribution in [-0.2, 0) is 0 Å². The lowest BCUT2D eigenvalue weighted by Crippen LogP contribution is -2.03. The van der Waals surface area contributed by atoms with Gasteiger partial charge in [0.25, 0.3) is 0 Å². The summed E-state index contributed by atoms with van der Waals surface area (Å²) in [5, 5.41) is 17.9. The Morgan fingerprint density at radius 1 is 0.952 bits per heavy atom. The average molecular weight is 278 g/mol. The fraction of sp³-hybridized carbons (Fsp3) is 0.167. The van der Waals surface area contributed by atoms with Gasteiger partial charge in [0.05, 0.1) is 11.9 Å². The van der Waals surface area contributed by atoms with E-state index < -0.39 is 6.10 Å². The highest BCUT2D eigenvalue weighted by Crippen LogP contribution is 2.32. The molecule has 1 aromatic heterocycles. The van der Waals surface area contributed by atoms with Gasteiger partial charge in [-0.1, -0.05) is 48.5 Å². The molecule has 106 valence electrons. The number of aliphatic hydroxyl groups is 1. The van der Waals surface area contributed by atoms with Crippen LogP contribution in [0.4, 0.5) is 0 Å². The van der Waals surface area contributed by atoms with Gasteiger partial charge >= 0.3 is 0 Å². The van der Waals surface area contributed by atoms with Crippen molar-refractivity contribution in [2.45, 2.75) is 20.0 Å². The molecule has 3 rings (SSSR count). The summed E-state index contributed by atoms with van der Waals surface area (Å²) in [6, 6.07) is 15.9. The number of aromatic amines is 1. The zero-order valence-corrected chi connectivity index (χ0v) is 12.2. The third kappa shape index (κ3) is 2.48. The molecule has 0 aliphatic heterocycles. The molecule has 1 heterocycles. The number of aromatic nitrogens is 2. The molecule has 0 saturated heterocycles. The highest BCUT2D eigenvalue weighted by Gasteiger charge is 2.19. The molecular formula is C18H18N2O. The summed E-state index contributed by atoms with van der Waals surface area (Å²) in [5.41, 5.74) is 5.91. The minimum absolute atomic E-state index is 0.682. The van der Waals surface area contributed by atoms with Gasteiger partial charge < -0.3 is 5.11 Å². The van der Waals surface area contributed by atoms with Crippen molar-refractivity contribution >= 4 is 0 Å². The minimum Gasteiger partial charge on any atom is -0.384 e. The molecule has 0 bridgehead atoms. The van der Waals surface area contributed by atoms with Crippen LogP contribution < -0.4 is 0 Å². The average Bonchev–Trinajstić information content (AvgIpc) is 3.00. The number of nitrogens with zero attached hydrogens (tertiary/aromatic N) is 1.